The van der Waals surface area contributed by atoms with E-state index in [1.54, 1.807) is 56.3 Å². The van der Waals surface area contributed by atoms with Gasteiger partial charge in [-0.25, -0.2) is 0 Å². The molecule has 0 radical (unpaired) electrons. The molecule has 1 aliphatic carbocycles. The monoisotopic (exact) mass is 1610 g/mol. The second kappa shape index (κ2) is 51.4. The lowest BCUT2D eigenvalue weighted by atomic mass is 9.85. The van der Waals surface area contributed by atoms with Gasteiger partial charge in [-0.05, 0) is 189 Å². The molecular formula is C78H132N24O13. The number of nitrogens with two attached hydrogens (primary N) is 10. The van der Waals surface area contributed by atoms with Crippen molar-refractivity contribution in [3.8, 4) is 5.75 Å². The van der Waals surface area contributed by atoms with Gasteiger partial charge in [0.25, 0.3) is 0 Å². The Morgan fingerprint density at radius 2 is 0.870 bits per heavy atom. The van der Waals surface area contributed by atoms with Crippen LogP contribution in [0.3, 0.4) is 0 Å². The van der Waals surface area contributed by atoms with E-state index < -0.39 is 143 Å². The number of unbranched alkanes of at least 4 members (excludes halogenated alkanes) is 2. The molecule has 1 unspecified atom stereocenters. The van der Waals surface area contributed by atoms with E-state index in [4.69, 9.17) is 57.3 Å². The third-order valence-corrected chi connectivity index (χ3v) is 20.3. The summed E-state index contributed by atoms with van der Waals surface area (Å²) >= 11 is 0. The molecule has 37 heteroatoms. The van der Waals surface area contributed by atoms with E-state index in [2.05, 4.69) is 68.1 Å². The highest BCUT2D eigenvalue weighted by molar-refractivity contribution is 5.99. The van der Waals surface area contributed by atoms with Gasteiger partial charge < -0.3 is 121 Å². The minimum Gasteiger partial charge on any atom is -0.508 e. The molecule has 4 rings (SSSR count). The lowest BCUT2D eigenvalue weighted by Crippen LogP contribution is -2.61. The average molecular weight is 1610 g/mol. The zero-order valence-electron chi connectivity index (χ0n) is 67.8. The van der Waals surface area contributed by atoms with Gasteiger partial charge in [0.05, 0.1) is 6.04 Å². The molecule has 0 spiro atoms. The van der Waals surface area contributed by atoms with Crippen LogP contribution in [0.15, 0.2) is 69.6 Å². The van der Waals surface area contributed by atoms with Crippen LogP contribution in [0.25, 0.3) is 0 Å². The van der Waals surface area contributed by atoms with Gasteiger partial charge in [0.2, 0.25) is 70.9 Å². The highest BCUT2D eigenvalue weighted by Gasteiger charge is 2.42. The molecule has 2 fully saturated rings. The van der Waals surface area contributed by atoms with E-state index in [1.807, 2.05) is 27.7 Å². The highest BCUT2D eigenvalue weighted by Crippen LogP contribution is 2.27. The van der Waals surface area contributed by atoms with Gasteiger partial charge in [-0.1, -0.05) is 90.4 Å². The number of benzene rings is 2. The number of nitrogens with one attached hydrogen (secondary N) is 10. The number of hydrogen-bond acceptors (Lipinski definition) is 19. The summed E-state index contributed by atoms with van der Waals surface area (Å²) in [7, 11) is 0. The van der Waals surface area contributed by atoms with Crippen molar-refractivity contribution in [3.05, 3.63) is 65.7 Å². The number of guanidine groups is 3. The number of aromatic hydroxyl groups is 1. The normalized spacial score (nSPS) is 17.5. The number of amides is 12. The Hall–Kier alpha value is -10.4. The number of nitrogens with zero attached hydrogens (tertiary/aromatic N) is 4. The number of carbonyl (C=O) groups is 12. The number of primary amides is 1. The predicted molar refractivity (Wildman–Crippen MR) is 439 cm³/mol. The van der Waals surface area contributed by atoms with Crippen LogP contribution in [0, 0.1) is 23.7 Å². The Bertz CT molecular complexity index is 3530. The molecule has 1 saturated heterocycles. The summed E-state index contributed by atoms with van der Waals surface area (Å²) in [6.07, 6.45) is 5.34. The fraction of sp³-hybridized carbons (Fsp3) is 0.654. The smallest absolute Gasteiger partial charge is 0.245 e. The van der Waals surface area contributed by atoms with Crippen molar-refractivity contribution in [2.24, 2.45) is 96.0 Å². The molecule has 2 aliphatic rings. The zero-order chi connectivity index (χ0) is 85.3. The summed E-state index contributed by atoms with van der Waals surface area (Å²) in [5.74, 6) is -10.4. The average Bonchev–Trinajstić information content (AvgIpc) is 1.71. The first kappa shape index (κ1) is 96.9. The molecule has 1 aliphatic heterocycles. The molecular weight excluding hydrogens is 1480 g/mol. The summed E-state index contributed by atoms with van der Waals surface area (Å²) in [6, 6.07) is 1.64. The number of aliphatic imine (C=N–C) groups is 3. The van der Waals surface area contributed by atoms with Crippen molar-refractivity contribution in [3.63, 3.8) is 0 Å². The fourth-order valence-electron chi connectivity index (χ4n) is 13.7. The predicted octanol–water partition coefficient (Wildman–Crippen LogP) is -2.42. The summed E-state index contributed by atoms with van der Waals surface area (Å²) < 4.78 is 0. The third kappa shape index (κ3) is 35.9. The molecule has 2 aromatic carbocycles. The number of phenolic OH excluding ortho intramolecular Hbond substituents is 1. The Morgan fingerprint density at radius 3 is 1.35 bits per heavy atom. The van der Waals surface area contributed by atoms with Crippen LogP contribution >= 0.6 is 0 Å². The minimum absolute atomic E-state index is 0.00542. The largest absolute Gasteiger partial charge is 0.508 e. The Morgan fingerprint density at radius 1 is 0.452 bits per heavy atom. The number of likely N-dealkylation sites (tertiary alicyclic amines) is 1. The van der Waals surface area contributed by atoms with Gasteiger partial charge in [0.15, 0.2) is 17.9 Å². The maximum atomic E-state index is 15.1. The van der Waals surface area contributed by atoms with E-state index in [-0.39, 0.29) is 164 Å². The van der Waals surface area contributed by atoms with Crippen molar-refractivity contribution in [1.29, 1.82) is 0 Å². The first-order valence-electron chi connectivity index (χ1n) is 40.4. The van der Waals surface area contributed by atoms with E-state index in [1.165, 1.54) is 17.0 Å². The van der Waals surface area contributed by atoms with Crippen LogP contribution in [0.1, 0.15) is 188 Å². The quantitative estimate of drug-likeness (QED) is 0.0186. The Labute approximate surface area is 675 Å². The standard InChI is InChI=1S/C78H132N24O13/c1-7-47(6)63(74(114)97-58(25-17-39-91-78(87)88)75(115)102-40-18-26-62(102)73(113)96-55(22-12-14-36-80)68(108)99-59(41-45(2)3)70(110)93-54(64(82)104)21-11-13-35-79)101-69(109)57(24-16-38-90-77(85)86)94-67(107)56(23-15-37-89-76(83)84)95-71(111)60(42-46(4)5)100-72(112)61(44-48-19-9-8-10-20-48)98-65(105)50-29-31-51(32-30-50)92-66(106)53(81)43-49-27-33-52(103)34-28-49/h8-10,19-20,27-28,33-34,45-47,50-51,53-63,103H,7,11-18,21-26,29-32,35-44,79-81H2,1-6H3,(H2,82,104)(H,92,106)(H,93,110)(H,94,107)(H,95,111)(H,96,113)(H,97,114)(H,98,105)(H,99,108)(H,100,112)(H,101,109)(H4,83,84,89)(H4,85,86,90)(H4,87,88,91)/t47?,50?,51?,53-,54-,55-,56-,57-,58-,59-,60-,61-,62-,63-/m0/s1. The summed E-state index contributed by atoms with van der Waals surface area (Å²) in [6.45, 7) is 11.6. The third-order valence-electron chi connectivity index (χ3n) is 20.3. The second-order valence-corrected chi connectivity index (χ2v) is 30.9. The molecule has 12 atom stereocenters. The molecule has 1 saturated carbocycles. The van der Waals surface area contributed by atoms with Gasteiger partial charge in [0, 0.05) is 44.6 Å². The van der Waals surface area contributed by atoms with Crippen LogP contribution in [-0.4, -0.2) is 211 Å². The van der Waals surface area contributed by atoms with Gasteiger partial charge in [0.1, 0.15) is 66.2 Å². The summed E-state index contributed by atoms with van der Waals surface area (Å²) in [5.41, 5.74) is 58.9. The lowest BCUT2D eigenvalue weighted by Gasteiger charge is -2.32. The first-order valence-corrected chi connectivity index (χ1v) is 40.4. The van der Waals surface area contributed by atoms with Gasteiger partial charge in [-0.15, -0.1) is 0 Å². The van der Waals surface area contributed by atoms with Crippen molar-refractivity contribution in [2.45, 2.75) is 262 Å². The van der Waals surface area contributed by atoms with Crippen LogP contribution in [0.4, 0.5) is 0 Å². The van der Waals surface area contributed by atoms with Crippen LogP contribution in [-0.2, 0) is 70.4 Å². The van der Waals surface area contributed by atoms with Crippen LogP contribution in [0.2, 0.25) is 0 Å². The SMILES string of the molecule is CCC(C)[C@H](NC(=O)[C@H](CCCN=C(N)N)NC(=O)[C@H](CCCN=C(N)N)NC(=O)[C@H](CC(C)C)NC(=O)[C@H](Cc1ccccc1)NC(=O)C1CCC(NC(=O)[C@@H](N)Cc2ccc(O)cc2)CC1)C(=O)N[C@@H](CCCN=C(N)N)C(=O)N1CCC[C@H]1C(=O)N[C@@H](CCCCN)C(=O)N[C@@H](CC(C)C)C(=O)N[C@@H](CCCCN)C(N)=O. The van der Waals surface area contributed by atoms with Crippen molar-refractivity contribution in [2.75, 3.05) is 39.3 Å². The Balaban J connectivity index is 1.61. The van der Waals surface area contributed by atoms with Crippen molar-refractivity contribution < 1.29 is 62.6 Å². The van der Waals surface area contributed by atoms with Crippen LogP contribution in [0.5, 0.6) is 5.75 Å². The highest BCUT2D eigenvalue weighted by atomic mass is 16.3. The summed E-state index contributed by atoms with van der Waals surface area (Å²) in [5, 5.41) is 38.0. The molecule has 115 heavy (non-hydrogen) atoms. The molecule has 642 valence electrons. The molecule has 0 aromatic heterocycles. The van der Waals surface area contributed by atoms with E-state index in [9.17, 15) is 48.3 Å². The van der Waals surface area contributed by atoms with Crippen molar-refractivity contribution >= 4 is 88.8 Å². The molecule has 37 nitrogen and oxygen atoms in total. The molecule has 1 heterocycles. The number of carbonyl (C=O) groups excluding carboxylic acids is 12. The maximum Gasteiger partial charge on any atom is 0.245 e. The molecule has 0 bridgehead atoms. The van der Waals surface area contributed by atoms with Gasteiger partial charge in [-0.2, -0.15) is 0 Å². The first-order chi connectivity index (χ1) is 54.6. The van der Waals surface area contributed by atoms with E-state index >= 15 is 14.4 Å². The topological polar surface area (TPSA) is 646 Å². The van der Waals surface area contributed by atoms with Crippen LogP contribution < -0.4 is 111 Å². The molecule has 31 N–H and O–H groups in total. The lowest BCUT2D eigenvalue weighted by molar-refractivity contribution is -0.143. The minimum atomic E-state index is -1.45. The Kier molecular flexibility index (Phi) is 43.3. The molecule has 2 aromatic rings. The maximum absolute atomic E-state index is 15.1. The van der Waals surface area contributed by atoms with E-state index in [0.29, 0.717) is 76.3 Å². The fourth-order valence-corrected chi connectivity index (χ4v) is 13.7. The number of phenols is 1. The number of hydrogen-bond donors (Lipinski definition) is 21. The van der Waals surface area contributed by atoms with E-state index in [0.717, 1.165) is 5.56 Å². The van der Waals surface area contributed by atoms with Gasteiger partial charge in [-0.3, -0.25) is 72.5 Å². The van der Waals surface area contributed by atoms with Crippen molar-refractivity contribution in [1.82, 2.24) is 58.1 Å². The van der Waals surface area contributed by atoms with Gasteiger partial charge >= 0.3 is 0 Å². The number of rotatable bonds is 52. The second-order valence-electron chi connectivity index (χ2n) is 30.9. The summed E-state index contributed by atoms with van der Waals surface area (Å²) in [4.78, 5) is 186. The zero-order valence-corrected chi connectivity index (χ0v) is 67.8. The molecule has 12 amide bonds.